The summed E-state index contributed by atoms with van der Waals surface area (Å²) in [6.45, 7) is 6.62. The van der Waals surface area contributed by atoms with E-state index in [9.17, 15) is 14.9 Å². The Morgan fingerprint density at radius 2 is 1.90 bits per heavy atom. The van der Waals surface area contributed by atoms with Gasteiger partial charge in [-0.05, 0) is 44.5 Å². The number of rotatable bonds is 8. The zero-order valence-corrected chi connectivity index (χ0v) is 16.4. The maximum absolute atomic E-state index is 12.7. The Morgan fingerprint density at radius 3 is 2.59 bits per heavy atom. The summed E-state index contributed by atoms with van der Waals surface area (Å²) >= 11 is 0. The molecule has 0 aliphatic carbocycles. The minimum atomic E-state index is -0.508. The highest BCUT2D eigenvalue weighted by Crippen LogP contribution is 2.31. The Kier molecular flexibility index (Phi) is 5.96. The summed E-state index contributed by atoms with van der Waals surface area (Å²) < 4.78 is 11.2. The van der Waals surface area contributed by atoms with Gasteiger partial charge in [0.1, 0.15) is 0 Å². The van der Waals surface area contributed by atoms with Crippen molar-refractivity contribution in [3.8, 4) is 11.5 Å². The number of nitrogens with zero attached hydrogens (tertiary/aromatic N) is 2. The van der Waals surface area contributed by atoms with E-state index in [1.54, 1.807) is 6.07 Å². The summed E-state index contributed by atoms with van der Waals surface area (Å²) in [5, 5.41) is 21.0. The first-order chi connectivity index (χ1) is 13.9. The Hall–Kier alpha value is -3.62. The van der Waals surface area contributed by atoms with Gasteiger partial charge in [0.05, 0.1) is 29.7 Å². The average Bonchev–Trinajstić information content (AvgIpc) is 3.13. The lowest BCUT2D eigenvalue weighted by molar-refractivity contribution is -0.384. The van der Waals surface area contributed by atoms with Gasteiger partial charge >= 0.3 is 0 Å². The number of aromatic amines is 1. The predicted octanol–water partition coefficient (Wildman–Crippen LogP) is 3.76. The van der Waals surface area contributed by atoms with Crippen LogP contribution in [-0.2, 0) is 0 Å². The van der Waals surface area contributed by atoms with Crippen LogP contribution in [-0.4, -0.2) is 34.2 Å². The fraction of sp³-hybridized carbons (Fsp3) is 0.300. The highest BCUT2D eigenvalue weighted by Gasteiger charge is 2.20. The van der Waals surface area contributed by atoms with E-state index in [2.05, 4.69) is 15.5 Å². The van der Waals surface area contributed by atoms with Crippen molar-refractivity contribution in [3.05, 3.63) is 57.8 Å². The van der Waals surface area contributed by atoms with Crippen LogP contribution < -0.4 is 14.8 Å². The van der Waals surface area contributed by atoms with E-state index in [1.165, 1.54) is 18.2 Å². The molecule has 1 aromatic heterocycles. The van der Waals surface area contributed by atoms with E-state index < -0.39 is 10.8 Å². The Balaban J connectivity index is 1.83. The molecule has 9 heteroatoms. The van der Waals surface area contributed by atoms with Gasteiger partial charge in [0.2, 0.25) is 0 Å². The van der Waals surface area contributed by atoms with Crippen molar-refractivity contribution in [2.45, 2.75) is 26.8 Å². The minimum absolute atomic E-state index is 0.103. The lowest BCUT2D eigenvalue weighted by Gasteiger charge is -2.17. The quantitative estimate of drug-likeness (QED) is 0.440. The summed E-state index contributed by atoms with van der Waals surface area (Å²) in [5.74, 6) is 0.812. The number of aromatic nitrogens is 2. The summed E-state index contributed by atoms with van der Waals surface area (Å²) in [4.78, 5) is 23.3. The van der Waals surface area contributed by atoms with E-state index in [0.717, 1.165) is 5.56 Å². The molecule has 3 rings (SSSR count). The lowest BCUT2D eigenvalue weighted by Crippen LogP contribution is -2.27. The van der Waals surface area contributed by atoms with Crippen LogP contribution >= 0.6 is 0 Å². The number of benzene rings is 2. The third-order valence-corrected chi connectivity index (χ3v) is 4.39. The van der Waals surface area contributed by atoms with Crippen molar-refractivity contribution in [3.63, 3.8) is 0 Å². The van der Waals surface area contributed by atoms with E-state index in [1.807, 2.05) is 32.9 Å². The van der Waals surface area contributed by atoms with Crippen LogP contribution in [0.25, 0.3) is 10.9 Å². The molecule has 152 valence electrons. The Bertz CT molecular complexity index is 1050. The topological polar surface area (TPSA) is 119 Å². The van der Waals surface area contributed by atoms with Crippen LogP contribution in [0.4, 0.5) is 5.69 Å². The molecule has 0 saturated heterocycles. The number of carbonyl (C=O) groups excluding carboxylic acids is 1. The molecule has 0 saturated carbocycles. The van der Waals surface area contributed by atoms with Crippen LogP contribution in [0.15, 0.2) is 36.4 Å². The molecule has 1 amide bonds. The smallest absolute Gasteiger partial charge is 0.272 e. The minimum Gasteiger partial charge on any atom is -0.490 e. The normalized spacial score (nSPS) is 11.8. The van der Waals surface area contributed by atoms with Gasteiger partial charge in [0.25, 0.3) is 11.6 Å². The number of non-ortho nitro benzene ring substituents is 1. The summed E-state index contributed by atoms with van der Waals surface area (Å²) in [6, 6.07) is 9.37. The van der Waals surface area contributed by atoms with Crippen LogP contribution in [0.5, 0.6) is 11.5 Å². The molecule has 1 atom stereocenters. The predicted molar refractivity (Wildman–Crippen MR) is 107 cm³/mol. The fourth-order valence-electron chi connectivity index (χ4n) is 2.97. The van der Waals surface area contributed by atoms with Crippen LogP contribution in [0.1, 0.15) is 42.9 Å². The van der Waals surface area contributed by atoms with Gasteiger partial charge in [-0.15, -0.1) is 0 Å². The first-order valence-electron chi connectivity index (χ1n) is 9.27. The third-order valence-electron chi connectivity index (χ3n) is 4.39. The molecule has 0 aliphatic rings. The van der Waals surface area contributed by atoms with Gasteiger partial charge in [-0.3, -0.25) is 20.0 Å². The number of amides is 1. The lowest BCUT2D eigenvalue weighted by atomic mass is 10.1. The van der Waals surface area contributed by atoms with Gasteiger partial charge in [-0.1, -0.05) is 6.07 Å². The number of ether oxygens (including phenoxy) is 2. The largest absolute Gasteiger partial charge is 0.490 e. The van der Waals surface area contributed by atoms with Gasteiger partial charge in [-0.25, -0.2) is 0 Å². The molecule has 1 unspecified atom stereocenters. The summed E-state index contributed by atoms with van der Waals surface area (Å²) in [6.07, 6.45) is 0. The molecule has 0 fully saturated rings. The highest BCUT2D eigenvalue weighted by atomic mass is 16.6. The van der Waals surface area contributed by atoms with Crippen LogP contribution in [0.2, 0.25) is 0 Å². The second-order valence-electron chi connectivity index (χ2n) is 6.33. The zero-order valence-electron chi connectivity index (χ0n) is 16.4. The number of fused-ring (bicyclic) bond motifs is 1. The van der Waals surface area contributed by atoms with Crippen molar-refractivity contribution in [1.82, 2.24) is 15.5 Å². The van der Waals surface area contributed by atoms with E-state index >= 15 is 0 Å². The van der Waals surface area contributed by atoms with Crippen molar-refractivity contribution in [2.24, 2.45) is 0 Å². The monoisotopic (exact) mass is 398 g/mol. The SMILES string of the molecule is CCOc1ccc(C(C)NC(=O)c2n[nH]c3ccc([N+](=O)[O-])cc23)cc1OCC. The number of nitro benzene ring substituents is 1. The van der Waals surface area contributed by atoms with Crippen molar-refractivity contribution in [2.75, 3.05) is 13.2 Å². The van der Waals surface area contributed by atoms with Gasteiger partial charge in [0.15, 0.2) is 17.2 Å². The first-order valence-corrected chi connectivity index (χ1v) is 9.27. The van der Waals surface area contributed by atoms with E-state index in [4.69, 9.17) is 9.47 Å². The molecule has 29 heavy (non-hydrogen) atoms. The highest BCUT2D eigenvalue weighted by molar-refractivity contribution is 6.05. The van der Waals surface area contributed by atoms with Gasteiger partial charge < -0.3 is 14.8 Å². The number of carbonyl (C=O) groups is 1. The van der Waals surface area contributed by atoms with E-state index in [0.29, 0.717) is 35.6 Å². The maximum atomic E-state index is 12.7. The molecule has 3 aromatic rings. The first kappa shape index (κ1) is 20.1. The van der Waals surface area contributed by atoms with E-state index in [-0.39, 0.29) is 17.4 Å². The van der Waals surface area contributed by atoms with Crippen LogP contribution in [0.3, 0.4) is 0 Å². The molecule has 0 bridgehead atoms. The fourth-order valence-corrected chi connectivity index (χ4v) is 2.97. The molecule has 2 aromatic carbocycles. The third kappa shape index (κ3) is 4.29. The Morgan fingerprint density at radius 1 is 1.17 bits per heavy atom. The standard InChI is InChI=1S/C20H22N4O5/c1-4-28-17-9-6-13(10-18(17)29-5-2)12(3)21-20(25)19-15-11-14(24(26)27)7-8-16(15)22-23-19/h6-12H,4-5H2,1-3H3,(H,21,25)(H,22,23). The molecule has 9 nitrogen and oxygen atoms in total. The number of nitro groups is 1. The Labute approximate surface area is 167 Å². The van der Waals surface area contributed by atoms with Crippen LogP contribution in [0, 0.1) is 10.1 Å². The van der Waals surface area contributed by atoms with Crippen molar-refractivity contribution >= 4 is 22.5 Å². The second-order valence-corrected chi connectivity index (χ2v) is 6.33. The zero-order chi connectivity index (χ0) is 21.0. The van der Waals surface area contributed by atoms with Gasteiger partial charge in [0, 0.05) is 17.5 Å². The maximum Gasteiger partial charge on any atom is 0.272 e. The average molecular weight is 398 g/mol. The number of hydrogen-bond donors (Lipinski definition) is 2. The molecular weight excluding hydrogens is 376 g/mol. The molecule has 0 spiro atoms. The second kappa shape index (κ2) is 8.59. The molecule has 0 radical (unpaired) electrons. The summed E-state index contributed by atoms with van der Waals surface area (Å²) in [7, 11) is 0. The van der Waals surface area contributed by atoms with Gasteiger partial charge in [-0.2, -0.15) is 5.10 Å². The molecule has 0 aliphatic heterocycles. The molecular formula is C20H22N4O5. The summed E-state index contributed by atoms with van der Waals surface area (Å²) in [5.41, 5.74) is 1.38. The van der Waals surface area contributed by atoms with Crippen molar-refractivity contribution < 1.29 is 19.2 Å². The number of H-pyrrole nitrogens is 1. The van der Waals surface area contributed by atoms with Crippen molar-refractivity contribution in [1.29, 1.82) is 0 Å². The number of hydrogen-bond acceptors (Lipinski definition) is 6. The number of nitrogens with one attached hydrogen (secondary N) is 2. The molecule has 2 N–H and O–H groups in total. The molecule has 1 heterocycles.